The van der Waals surface area contributed by atoms with Crippen LogP contribution >= 0.6 is 0 Å². The van der Waals surface area contributed by atoms with E-state index in [1.54, 1.807) is 13.0 Å². The number of amides is 2. The van der Waals surface area contributed by atoms with Gasteiger partial charge < -0.3 is 15.7 Å². The normalized spacial score (nSPS) is 11.4. The standard InChI is InChI=1S/C25H19F4N5O4/c1-13-7-15(5-6-17(13)24(37)38)11-31-23(36)20-9-19(33-21-18(26)12-32-34(20)21)22(35)30-10-14-3-2-4-16(8-14)25(27,28)29/h2-9,12H,10-11H2,1H3,(H,30,35)(H,31,36)(H,37,38). The summed E-state index contributed by atoms with van der Waals surface area (Å²) in [6.07, 6.45) is -3.73. The minimum Gasteiger partial charge on any atom is -0.478 e. The van der Waals surface area contributed by atoms with Gasteiger partial charge in [-0.3, -0.25) is 9.59 Å². The monoisotopic (exact) mass is 529 g/mol. The van der Waals surface area contributed by atoms with E-state index in [1.807, 2.05) is 0 Å². The van der Waals surface area contributed by atoms with E-state index in [2.05, 4.69) is 20.7 Å². The highest BCUT2D eigenvalue weighted by Gasteiger charge is 2.30. The van der Waals surface area contributed by atoms with Crippen molar-refractivity contribution in [1.29, 1.82) is 0 Å². The van der Waals surface area contributed by atoms with Crippen molar-refractivity contribution in [3.05, 3.63) is 99.8 Å². The van der Waals surface area contributed by atoms with Gasteiger partial charge in [0.25, 0.3) is 11.8 Å². The van der Waals surface area contributed by atoms with Gasteiger partial charge in [0.2, 0.25) is 0 Å². The minimum atomic E-state index is -4.55. The van der Waals surface area contributed by atoms with Gasteiger partial charge in [-0.1, -0.05) is 24.3 Å². The molecule has 0 aliphatic heterocycles. The maximum atomic E-state index is 14.3. The number of carbonyl (C=O) groups is 3. The molecule has 0 spiro atoms. The molecule has 196 valence electrons. The number of aryl methyl sites for hydroxylation is 1. The number of carbonyl (C=O) groups excluding carboxylic acids is 2. The van der Waals surface area contributed by atoms with Gasteiger partial charge >= 0.3 is 12.1 Å². The van der Waals surface area contributed by atoms with Crippen molar-refractivity contribution in [2.75, 3.05) is 0 Å². The van der Waals surface area contributed by atoms with Crippen LogP contribution in [0.4, 0.5) is 17.6 Å². The van der Waals surface area contributed by atoms with Crippen molar-refractivity contribution >= 4 is 23.4 Å². The fraction of sp³-hybridized carbons (Fsp3) is 0.160. The molecule has 0 unspecified atom stereocenters. The number of nitrogens with one attached hydrogen (secondary N) is 2. The summed E-state index contributed by atoms with van der Waals surface area (Å²) in [4.78, 5) is 40.7. The van der Waals surface area contributed by atoms with Crippen molar-refractivity contribution < 1.29 is 37.1 Å². The highest BCUT2D eigenvalue weighted by atomic mass is 19.4. The Morgan fingerprint density at radius 2 is 1.66 bits per heavy atom. The highest BCUT2D eigenvalue weighted by molar-refractivity contribution is 5.98. The van der Waals surface area contributed by atoms with Crippen molar-refractivity contribution in [3.8, 4) is 0 Å². The van der Waals surface area contributed by atoms with Gasteiger partial charge in [0.15, 0.2) is 11.5 Å². The molecule has 0 atom stereocenters. The van der Waals surface area contributed by atoms with E-state index in [9.17, 15) is 31.9 Å². The molecular weight excluding hydrogens is 510 g/mol. The van der Waals surface area contributed by atoms with Crippen molar-refractivity contribution in [3.63, 3.8) is 0 Å². The van der Waals surface area contributed by atoms with Crippen LogP contribution in [0.2, 0.25) is 0 Å². The number of halogens is 4. The van der Waals surface area contributed by atoms with E-state index in [1.165, 1.54) is 24.3 Å². The number of hydrogen-bond acceptors (Lipinski definition) is 5. The number of aromatic carboxylic acids is 1. The van der Waals surface area contributed by atoms with Crippen LogP contribution in [0.25, 0.3) is 5.65 Å². The number of aromatic nitrogens is 3. The molecule has 0 saturated heterocycles. The molecule has 2 heterocycles. The first-order chi connectivity index (χ1) is 17.9. The van der Waals surface area contributed by atoms with Crippen LogP contribution in [-0.2, 0) is 19.3 Å². The van der Waals surface area contributed by atoms with Crippen molar-refractivity contribution in [2.45, 2.75) is 26.2 Å². The third kappa shape index (κ3) is 5.61. The Morgan fingerprint density at radius 1 is 0.974 bits per heavy atom. The molecule has 0 aliphatic carbocycles. The quantitative estimate of drug-likeness (QED) is 0.313. The summed E-state index contributed by atoms with van der Waals surface area (Å²) in [6.45, 7) is 1.33. The summed E-state index contributed by atoms with van der Waals surface area (Å²) in [5.41, 5.74) is -0.477. The molecule has 0 saturated carbocycles. The molecule has 0 aliphatic rings. The average Bonchev–Trinajstić information content (AvgIpc) is 3.25. The Morgan fingerprint density at radius 3 is 2.32 bits per heavy atom. The zero-order valence-corrected chi connectivity index (χ0v) is 19.6. The fourth-order valence-corrected chi connectivity index (χ4v) is 3.69. The maximum absolute atomic E-state index is 14.3. The zero-order chi connectivity index (χ0) is 27.6. The Bertz CT molecular complexity index is 1570. The summed E-state index contributed by atoms with van der Waals surface area (Å²) in [5.74, 6) is -3.56. The number of nitrogens with zero attached hydrogens (tertiary/aromatic N) is 3. The van der Waals surface area contributed by atoms with Gasteiger partial charge in [-0.05, 0) is 41.8 Å². The van der Waals surface area contributed by atoms with Crippen LogP contribution in [0.5, 0.6) is 0 Å². The number of benzene rings is 2. The topological polar surface area (TPSA) is 126 Å². The number of hydrogen-bond donors (Lipinski definition) is 3. The van der Waals surface area contributed by atoms with Gasteiger partial charge in [-0.25, -0.2) is 18.7 Å². The number of fused-ring (bicyclic) bond motifs is 1. The summed E-state index contributed by atoms with van der Waals surface area (Å²) in [6, 6.07) is 9.98. The lowest BCUT2D eigenvalue weighted by Crippen LogP contribution is -2.28. The number of carboxylic acid groups (broad SMARTS) is 1. The molecule has 0 radical (unpaired) electrons. The molecule has 13 heteroatoms. The van der Waals surface area contributed by atoms with E-state index in [4.69, 9.17) is 5.11 Å². The molecule has 2 aromatic heterocycles. The predicted octanol–water partition coefficient (Wildman–Crippen LogP) is 3.75. The lowest BCUT2D eigenvalue weighted by Gasteiger charge is -2.11. The van der Waals surface area contributed by atoms with Crippen molar-refractivity contribution in [1.82, 2.24) is 25.2 Å². The Kier molecular flexibility index (Phi) is 7.10. The van der Waals surface area contributed by atoms with Gasteiger partial charge in [-0.15, -0.1) is 0 Å². The number of alkyl halides is 3. The molecular formula is C25H19F4N5O4. The lowest BCUT2D eigenvalue weighted by molar-refractivity contribution is -0.137. The second-order valence-corrected chi connectivity index (χ2v) is 8.27. The van der Waals surface area contributed by atoms with Gasteiger partial charge in [0.1, 0.15) is 11.4 Å². The second-order valence-electron chi connectivity index (χ2n) is 8.27. The molecule has 0 bridgehead atoms. The SMILES string of the molecule is Cc1cc(CNC(=O)c2cc(C(=O)NCc3cccc(C(F)(F)F)c3)nc3c(F)cnn23)ccc1C(=O)O. The Labute approximate surface area is 212 Å². The Balaban J connectivity index is 1.54. The lowest BCUT2D eigenvalue weighted by atomic mass is 10.1. The van der Waals surface area contributed by atoms with Crippen LogP contribution < -0.4 is 10.6 Å². The minimum absolute atomic E-state index is 0.00971. The van der Waals surface area contributed by atoms with E-state index in [0.717, 1.165) is 28.9 Å². The first-order valence-corrected chi connectivity index (χ1v) is 11.0. The molecule has 2 amide bonds. The highest BCUT2D eigenvalue weighted by Crippen LogP contribution is 2.29. The first kappa shape index (κ1) is 26.3. The van der Waals surface area contributed by atoms with E-state index in [0.29, 0.717) is 11.1 Å². The molecule has 0 fully saturated rings. The molecule has 4 rings (SSSR count). The molecule has 38 heavy (non-hydrogen) atoms. The predicted molar refractivity (Wildman–Crippen MR) is 125 cm³/mol. The number of carboxylic acids is 1. The average molecular weight is 529 g/mol. The van der Waals surface area contributed by atoms with E-state index >= 15 is 0 Å². The summed E-state index contributed by atoms with van der Waals surface area (Å²) >= 11 is 0. The molecule has 2 aromatic carbocycles. The van der Waals surface area contributed by atoms with Crippen LogP contribution in [-0.4, -0.2) is 37.5 Å². The summed E-state index contributed by atoms with van der Waals surface area (Å²) < 4.78 is 54.0. The Hall–Kier alpha value is -4.81. The smallest absolute Gasteiger partial charge is 0.416 e. The third-order valence-electron chi connectivity index (χ3n) is 5.58. The third-order valence-corrected chi connectivity index (χ3v) is 5.58. The van der Waals surface area contributed by atoms with Gasteiger partial charge in [-0.2, -0.15) is 18.3 Å². The van der Waals surface area contributed by atoms with Gasteiger partial charge in [0, 0.05) is 19.2 Å². The fourth-order valence-electron chi connectivity index (χ4n) is 3.69. The summed E-state index contributed by atoms with van der Waals surface area (Å²) in [7, 11) is 0. The van der Waals surface area contributed by atoms with E-state index in [-0.39, 0.29) is 35.6 Å². The van der Waals surface area contributed by atoms with Crippen LogP contribution in [0, 0.1) is 12.7 Å². The van der Waals surface area contributed by atoms with Crippen LogP contribution in [0.3, 0.4) is 0 Å². The molecule has 3 N–H and O–H groups in total. The maximum Gasteiger partial charge on any atom is 0.416 e. The zero-order valence-electron chi connectivity index (χ0n) is 19.6. The largest absolute Gasteiger partial charge is 0.478 e. The first-order valence-electron chi connectivity index (χ1n) is 11.0. The second kappa shape index (κ2) is 10.3. The molecule has 4 aromatic rings. The van der Waals surface area contributed by atoms with Crippen molar-refractivity contribution in [2.24, 2.45) is 0 Å². The van der Waals surface area contributed by atoms with Gasteiger partial charge in [0.05, 0.1) is 17.3 Å². The van der Waals surface area contributed by atoms with Crippen LogP contribution in [0.15, 0.2) is 54.7 Å². The molecule has 9 nitrogen and oxygen atoms in total. The van der Waals surface area contributed by atoms with Crippen LogP contribution in [0.1, 0.15) is 53.6 Å². The summed E-state index contributed by atoms with van der Waals surface area (Å²) in [5, 5.41) is 17.9. The number of rotatable bonds is 7. The van der Waals surface area contributed by atoms with E-state index < -0.39 is 41.0 Å².